The van der Waals surface area contributed by atoms with Gasteiger partial charge in [-0.1, -0.05) is 67.5 Å². The largest absolute Gasteiger partial charge is 0.392 e. The van der Waals surface area contributed by atoms with Gasteiger partial charge in [0.2, 0.25) is 0 Å². The van der Waals surface area contributed by atoms with Gasteiger partial charge in [-0.2, -0.15) is 11.3 Å². The van der Waals surface area contributed by atoms with E-state index in [1.807, 2.05) is 42.5 Å². The summed E-state index contributed by atoms with van der Waals surface area (Å²) in [6.45, 7) is 18.5. The first kappa shape index (κ1) is 36.4. The third kappa shape index (κ3) is 9.01. The van der Waals surface area contributed by atoms with Gasteiger partial charge in [-0.05, 0) is 97.5 Å². The van der Waals surface area contributed by atoms with Gasteiger partial charge >= 0.3 is 0 Å². The fourth-order valence-corrected chi connectivity index (χ4v) is 9.20. The van der Waals surface area contributed by atoms with Crippen LogP contribution in [0.3, 0.4) is 0 Å². The van der Waals surface area contributed by atoms with Gasteiger partial charge in [0, 0.05) is 35.7 Å². The molecule has 43 heavy (non-hydrogen) atoms. The predicted octanol–water partition coefficient (Wildman–Crippen LogP) is 9.77. The van der Waals surface area contributed by atoms with Crippen LogP contribution in [0, 0.1) is 65.2 Å². The Labute approximate surface area is 279 Å². The molecule has 0 amide bonds. The third-order valence-electron chi connectivity index (χ3n) is 10.2. The number of fused-ring (bicyclic) bond motifs is 2. The quantitative estimate of drug-likeness (QED) is 0.213. The molecule has 1 heterocycles. The van der Waals surface area contributed by atoms with E-state index in [2.05, 4.69) is 72.5 Å². The van der Waals surface area contributed by atoms with E-state index in [1.165, 1.54) is 24.0 Å². The molecule has 2 fully saturated rings. The Bertz CT molecular complexity index is 1170. The summed E-state index contributed by atoms with van der Waals surface area (Å²) in [6, 6.07) is 19.3. The summed E-state index contributed by atoms with van der Waals surface area (Å²) in [5, 5.41) is 23.8. The Hall–Kier alpha value is -1.10. The monoisotopic (exact) mass is 783 g/mol. The van der Waals surface area contributed by atoms with Gasteiger partial charge in [0.1, 0.15) is 0 Å². The van der Waals surface area contributed by atoms with Crippen molar-refractivity contribution in [1.29, 1.82) is 0 Å². The van der Waals surface area contributed by atoms with Crippen molar-refractivity contribution in [2.75, 3.05) is 0 Å². The number of hydrogen-bond acceptors (Lipinski definition) is 4. The summed E-state index contributed by atoms with van der Waals surface area (Å²) in [6.07, 6.45) is 5.23. The van der Waals surface area contributed by atoms with Crippen molar-refractivity contribution in [1.82, 2.24) is 4.98 Å². The maximum absolute atomic E-state index is 11.4. The zero-order valence-corrected chi connectivity index (χ0v) is 30.9. The van der Waals surface area contributed by atoms with Gasteiger partial charge in [0.25, 0.3) is 0 Å². The van der Waals surface area contributed by atoms with Gasteiger partial charge in [-0.25, -0.2) is 0 Å². The minimum atomic E-state index is -0.318. The molecule has 2 saturated carbocycles. The number of thiazole rings is 1. The Morgan fingerprint density at radius 3 is 1.93 bits per heavy atom. The molecule has 0 aliphatic heterocycles. The molecule has 5 heteroatoms. The van der Waals surface area contributed by atoms with E-state index in [0.717, 1.165) is 28.9 Å². The van der Waals surface area contributed by atoms with Crippen molar-refractivity contribution in [3.05, 3.63) is 54.6 Å². The number of para-hydroxylation sites is 1. The molecule has 3 nitrogen and oxygen atoms in total. The second kappa shape index (κ2) is 16.5. The van der Waals surface area contributed by atoms with Crippen LogP contribution in [-0.2, 0) is 20.1 Å². The fraction of sp³-hybridized carbons (Fsp3) is 0.658. The molecule has 241 valence electrons. The molecule has 0 bridgehead atoms. The molecule has 5 rings (SSSR count). The summed E-state index contributed by atoms with van der Waals surface area (Å²) in [4.78, 5) is 4.57. The van der Waals surface area contributed by atoms with Crippen molar-refractivity contribution in [2.24, 2.45) is 59.2 Å². The number of aliphatic hydroxyl groups excluding tert-OH is 2. The first-order valence-electron chi connectivity index (χ1n) is 16.7. The first-order valence-corrected chi connectivity index (χ1v) is 17.5. The van der Waals surface area contributed by atoms with Crippen molar-refractivity contribution < 1.29 is 30.3 Å². The molecule has 3 aromatic rings. The molecule has 2 N–H and O–H groups in total. The third-order valence-corrected chi connectivity index (χ3v) is 11.3. The Morgan fingerprint density at radius 1 is 0.791 bits per heavy atom. The molecular weight excluding hydrogens is 727 g/mol. The second-order valence-electron chi connectivity index (χ2n) is 14.8. The smallest absolute Gasteiger partial charge is 0.0697 e. The van der Waals surface area contributed by atoms with Gasteiger partial charge in [0.15, 0.2) is 0 Å². The molecular formula is C38H56IrNO2S-. The number of aromatic nitrogens is 1. The van der Waals surface area contributed by atoms with Crippen LogP contribution in [0.1, 0.15) is 87.5 Å². The van der Waals surface area contributed by atoms with E-state index >= 15 is 0 Å². The molecule has 2 aromatic carbocycles. The van der Waals surface area contributed by atoms with E-state index in [4.69, 9.17) is 0 Å². The minimum absolute atomic E-state index is 0. The average Bonchev–Trinajstić information content (AvgIpc) is 3.53. The zero-order chi connectivity index (χ0) is 30.6. The van der Waals surface area contributed by atoms with Gasteiger partial charge in [-0.3, -0.25) is 4.98 Å². The predicted molar refractivity (Wildman–Crippen MR) is 179 cm³/mol. The Kier molecular flexibility index (Phi) is 13.9. The molecule has 0 saturated heterocycles. The van der Waals surface area contributed by atoms with E-state index in [0.29, 0.717) is 53.3 Å². The van der Waals surface area contributed by atoms with Crippen LogP contribution in [0.2, 0.25) is 0 Å². The standard InChI is InChI=1S/C25H48O2.C13H8NS.Ir/c1-14(2)11-20(16(5)6)19-10-9-18-13-22(25(27)23(18)24(19)26)21(17(7)8)12-15(3)4;1-2-6-10(7-3-1)13-14-11-8-4-5-9-12(11)15-13;/h14-27H,9-13H2,1-8H3;1-6,8-9H;/q;-1;/t18?,19-,20?,21?,22-,23?,24?,25?;;/m1../s1. The minimum Gasteiger partial charge on any atom is -0.392 e. The van der Waals surface area contributed by atoms with Crippen LogP contribution in [0.25, 0.3) is 20.8 Å². The summed E-state index contributed by atoms with van der Waals surface area (Å²) >= 11 is 1.71. The normalized spacial score (nSPS) is 26.7. The Morgan fingerprint density at radius 2 is 1.37 bits per heavy atom. The van der Waals surface area contributed by atoms with E-state index in [9.17, 15) is 10.2 Å². The summed E-state index contributed by atoms with van der Waals surface area (Å²) in [5.41, 5.74) is 2.13. The molecule has 8 atom stereocenters. The number of nitrogens with zero attached hydrogens (tertiary/aromatic N) is 1. The molecule has 2 aliphatic carbocycles. The van der Waals surface area contributed by atoms with Crippen LogP contribution in [0.15, 0.2) is 48.5 Å². The van der Waals surface area contributed by atoms with Crippen LogP contribution >= 0.6 is 11.3 Å². The maximum atomic E-state index is 11.4. The van der Waals surface area contributed by atoms with Crippen molar-refractivity contribution in [3.8, 4) is 10.6 Å². The molecule has 6 unspecified atom stereocenters. The summed E-state index contributed by atoms with van der Waals surface area (Å²) in [5.74, 6) is 5.06. The van der Waals surface area contributed by atoms with Gasteiger partial charge < -0.3 is 10.2 Å². The second-order valence-corrected chi connectivity index (χ2v) is 15.8. The fourth-order valence-electron chi connectivity index (χ4n) is 8.24. The van der Waals surface area contributed by atoms with E-state index < -0.39 is 0 Å². The number of hydrogen-bond donors (Lipinski definition) is 2. The number of aliphatic hydroxyl groups is 2. The molecule has 1 aromatic heterocycles. The van der Waals surface area contributed by atoms with Crippen molar-refractivity contribution in [3.63, 3.8) is 0 Å². The van der Waals surface area contributed by atoms with Crippen molar-refractivity contribution >= 4 is 21.6 Å². The molecule has 1 radical (unpaired) electrons. The SMILES string of the molecule is CC(C)CC(C(C)C)[C@H]1CCC2C[C@H](C(CC(C)C)C(C)C)C(O)C2C1O.[Ir].[c-]1ccccc1-c1nc2ccccc2s1. The van der Waals surface area contributed by atoms with Crippen molar-refractivity contribution in [2.45, 2.75) is 99.7 Å². The topological polar surface area (TPSA) is 53.4 Å². The number of rotatable bonds is 9. The van der Waals surface area contributed by atoms with Crippen LogP contribution in [-0.4, -0.2) is 27.4 Å². The Balaban J connectivity index is 0.000000265. The van der Waals surface area contributed by atoms with E-state index in [-0.39, 0.29) is 38.2 Å². The maximum Gasteiger partial charge on any atom is 0.0697 e. The van der Waals surface area contributed by atoms with Crippen LogP contribution in [0.4, 0.5) is 0 Å². The summed E-state index contributed by atoms with van der Waals surface area (Å²) < 4.78 is 1.23. The molecule has 2 aliphatic rings. The van der Waals surface area contributed by atoms with E-state index in [1.54, 1.807) is 11.3 Å². The van der Waals surface area contributed by atoms with Crippen LogP contribution in [0.5, 0.6) is 0 Å². The molecule has 0 spiro atoms. The summed E-state index contributed by atoms with van der Waals surface area (Å²) in [7, 11) is 0. The van der Waals surface area contributed by atoms with Crippen LogP contribution < -0.4 is 0 Å². The van der Waals surface area contributed by atoms with Gasteiger partial charge in [-0.15, -0.1) is 35.9 Å². The zero-order valence-electron chi connectivity index (χ0n) is 27.7. The number of benzene rings is 2. The van der Waals surface area contributed by atoms with Gasteiger partial charge in [0.05, 0.1) is 17.7 Å². The average molecular weight is 783 g/mol. The first-order chi connectivity index (χ1) is 20.0.